The topological polar surface area (TPSA) is 94.2 Å². The van der Waals surface area contributed by atoms with Crippen molar-refractivity contribution in [2.24, 2.45) is 11.7 Å². The highest BCUT2D eigenvalue weighted by Gasteiger charge is 2.26. The van der Waals surface area contributed by atoms with Gasteiger partial charge in [-0.15, -0.1) is 12.4 Å². The fourth-order valence-corrected chi connectivity index (χ4v) is 5.52. The molecule has 0 unspecified atom stereocenters. The number of para-hydroxylation sites is 1. The lowest BCUT2D eigenvalue weighted by atomic mass is 9.91. The van der Waals surface area contributed by atoms with Crippen molar-refractivity contribution < 1.29 is 9.53 Å². The molecule has 2 aliphatic rings. The molecule has 1 fully saturated rings. The van der Waals surface area contributed by atoms with Crippen molar-refractivity contribution in [1.82, 2.24) is 15.1 Å². The number of nitrogens with zero attached hydrogens (tertiary/aromatic N) is 2. The van der Waals surface area contributed by atoms with E-state index in [2.05, 4.69) is 28.8 Å². The summed E-state index contributed by atoms with van der Waals surface area (Å²) in [6.45, 7) is 2.95. The molecule has 0 radical (unpaired) electrons. The molecule has 1 saturated heterocycles. The molecule has 0 saturated carbocycles. The fourth-order valence-electron chi connectivity index (χ4n) is 5.52. The molecule has 0 atom stereocenters. The maximum Gasteiger partial charge on any atom is 0.254 e. The number of hydrogen-bond donors (Lipinski definition) is 3. The number of fused-ring (bicyclic) bond motifs is 2. The number of primary amides is 1. The number of nitrogens with two attached hydrogens (primary N) is 1. The number of benzene rings is 3. The first-order valence-corrected chi connectivity index (χ1v) is 13.5. The molecular weight excluding hydrogens is 510 g/mol. The predicted octanol–water partition coefficient (Wildman–Crippen LogP) is 6.10. The number of anilines is 2. The molecule has 8 heteroatoms. The van der Waals surface area contributed by atoms with Crippen molar-refractivity contribution in [3.05, 3.63) is 89.5 Å². The molecule has 6 rings (SSSR count). The number of nitrogens with one attached hydrogen (secondary N) is 2. The summed E-state index contributed by atoms with van der Waals surface area (Å²) < 4.78 is 7.79. The standard InChI is InChI=1S/C31H33N5O2.ClH/c32-30(37)28-29(23-9-11-26(12-10-23)38-25-4-2-1-3-5-25)35-36-19-16-24-20-22(8-13-27(24)34-31(28)36)7-6-21-14-17-33-18-15-21;/h1-5,8-13,20-21,33-34H,6-7,14-19H2,(H2,32,37);1H. The summed E-state index contributed by atoms with van der Waals surface area (Å²) >= 11 is 0. The van der Waals surface area contributed by atoms with E-state index >= 15 is 0 Å². The number of carbonyl (C=O) groups is 1. The Morgan fingerprint density at radius 3 is 2.49 bits per heavy atom. The third-order valence-corrected chi connectivity index (χ3v) is 7.62. The second-order valence-corrected chi connectivity index (χ2v) is 10.2. The molecule has 39 heavy (non-hydrogen) atoms. The monoisotopic (exact) mass is 543 g/mol. The number of halogens is 1. The smallest absolute Gasteiger partial charge is 0.254 e. The van der Waals surface area contributed by atoms with E-state index in [1.165, 1.54) is 30.4 Å². The minimum absolute atomic E-state index is 0. The summed E-state index contributed by atoms with van der Waals surface area (Å²) in [5, 5.41) is 11.8. The van der Waals surface area contributed by atoms with Crippen LogP contribution in [0.5, 0.6) is 11.5 Å². The van der Waals surface area contributed by atoms with E-state index in [1.807, 2.05) is 59.3 Å². The number of amides is 1. The fraction of sp³-hybridized carbons (Fsp3) is 0.290. The van der Waals surface area contributed by atoms with Crippen LogP contribution in [0.1, 0.15) is 40.7 Å². The van der Waals surface area contributed by atoms with Crippen LogP contribution in [0.3, 0.4) is 0 Å². The van der Waals surface area contributed by atoms with Crippen LogP contribution in [-0.2, 0) is 19.4 Å². The van der Waals surface area contributed by atoms with Gasteiger partial charge in [0, 0.05) is 17.8 Å². The van der Waals surface area contributed by atoms with Crippen molar-refractivity contribution in [1.29, 1.82) is 0 Å². The van der Waals surface area contributed by atoms with E-state index in [-0.39, 0.29) is 12.4 Å². The van der Waals surface area contributed by atoms with Gasteiger partial charge in [-0.05, 0) is 105 Å². The summed E-state index contributed by atoms with van der Waals surface area (Å²) in [6.07, 6.45) is 5.71. The molecule has 1 amide bonds. The van der Waals surface area contributed by atoms with Gasteiger partial charge >= 0.3 is 0 Å². The van der Waals surface area contributed by atoms with Crippen LogP contribution in [-0.4, -0.2) is 28.8 Å². The highest BCUT2D eigenvalue weighted by Crippen LogP contribution is 2.35. The van der Waals surface area contributed by atoms with Gasteiger partial charge in [0.2, 0.25) is 0 Å². The molecule has 4 aromatic rings. The van der Waals surface area contributed by atoms with Crippen molar-refractivity contribution in [2.75, 3.05) is 18.4 Å². The molecule has 0 aliphatic carbocycles. The van der Waals surface area contributed by atoms with E-state index < -0.39 is 5.91 Å². The maximum atomic E-state index is 12.6. The molecule has 202 valence electrons. The van der Waals surface area contributed by atoms with Gasteiger partial charge in [0.15, 0.2) is 0 Å². The Kier molecular flexibility index (Phi) is 8.19. The summed E-state index contributed by atoms with van der Waals surface area (Å²) in [5.74, 6) is 2.45. The number of aryl methyl sites for hydroxylation is 3. The largest absolute Gasteiger partial charge is 0.457 e. The second-order valence-electron chi connectivity index (χ2n) is 10.2. The van der Waals surface area contributed by atoms with Gasteiger partial charge < -0.3 is 21.1 Å². The highest BCUT2D eigenvalue weighted by molar-refractivity contribution is 6.04. The van der Waals surface area contributed by atoms with Crippen molar-refractivity contribution in [2.45, 2.75) is 38.6 Å². The zero-order valence-electron chi connectivity index (χ0n) is 21.9. The van der Waals surface area contributed by atoms with Crippen LogP contribution in [0.25, 0.3) is 11.3 Å². The van der Waals surface area contributed by atoms with Crippen molar-refractivity contribution in [3.63, 3.8) is 0 Å². The van der Waals surface area contributed by atoms with Crippen LogP contribution >= 0.6 is 12.4 Å². The lowest BCUT2D eigenvalue weighted by Gasteiger charge is -2.22. The summed E-state index contributed by atoms with van der Waals surface area (Å²) in [6, 6.07) is 23.9. The number of hydrogen-bond acceptors (Lipinski definition) is 5. The minimum atomic E-state index is -0.500. The van der Waals surface area contributed by atoms with E-state index in [1.54, 1.807) is 0 Å². The number of rotatable bonds is 7. The van der Waals surface area contributed by atoms with E-state index in [0.717, 1.165) is 48.8 Å². The van der Waals surface area contributed by atoms with Gasteiger partial charge in [0.25, 0.3) is 5.91 Å². The van der Waals surface area contributed by atoms with Gasteiger partial charge in [-0.3, -0.25) is 4.79 Å². The number of carbonyl (C=O) groups excluding carboxylic acids is 1. The van der Waals surface area contributed by atoms with E-state index in [9.17, 15) is 4.79 Å². The van der Waals surface area contributed by atoms with Gasteiger partial charge in [-0.2, -0.15) is 5.10 Å². The van der Waals surface area contributed by atoms with E-state index in [0.29, 0.717) is 29.4 Å². The second kappa shape index (κ2) is 11.9. The molecule has 4 N–H and O–H groups in total. The van der Waals surface area contributed by atoms with Gasteiger partial charge in [-0.1, -0.05) is 30.3 Å². The molecule has 1 aromatic heterocycles. The van der Waals surface area contributed by atoms with Crippen LogP contribution in [0.15, 0.2) is 72.8 Å². The van der Waals surface area contributed by atoms with Gasteiger partial charge in [-0.25, -0.2) is 4.68 Å². The normalized spacial score (nSPS) is 14.8. The third kappa shape index (κ3) is 5.95. The molecule has 3 aromatic carbocycles. The molecule has 3 heterocycles. The maximum absolute atomic E-state index is 12.6. The summed E-state index contributed by atoms with van der Waals surface area (Å²) in [4.78, 5) is 12.6. The zero-order valence-corrected chi connectivity index (χ0v) is 22.7. The SMILES string of the molecule is Cl.NC(=O)c1c(-c2ccc(Oc3ccccc3)cc2)nn2c1Nc1ccc(CCC3CCNCC3)cc1CC2. The van der Waals surface area contributed by atoms with Gasteiger partial charge in [0.1, 0.15) is 28.6 Å². The van der Waals surface area contributed by atoms with E-state index in [4.69, 9.17) is 15.6 Å². The number of piperidine rings is 1. The number of aromatic nitrogens is 2. The van der Waals surface area contributed by atoms with Crippen molar-refractivity contribution >= 4 is 29.8 Å². The molecule has 0 bridgehead atoms. The quantitative estimate of drug-likeness (QED) is 0.262. The molecular formula is C31H34ClN5O2. The molecule has 7 nitrogen and oxygen atoms in total. The lowest BCUT2D eigenvalue weighted by Crippen LogP contribution is -2.27. The Labute approximate surface area is 235 Å². The zero-order chi connectivity index (χ0) is 25.9. The van der Waals surface area contributed by atoms with Crippen LogP contribution in [0.2, 0.25) is 0 Å². The molecule has 2 aliphatic heterocycles. The average Bonchev–Trinajstić information content (AvgIpc) is 3.22. The highest BCUT2D eigenvalue weighted by atomic mass is 35.5. The Hall–Kier alpha value is -3.81. The van der Waals surface area contributed by atoms with Gasteiger partial charge in [0.05, 0.1) is 0 Å². The number of ether oxygens (including phenoxy) is 1. The third-order valence-electron chi connectivity index (χ3n) is 7.62. The Bertz CT molecular complexity index is 1430. The van der Waals surface area contributed by atoms with Crippen LogP contribution in [0.4, 0.5) is 11.5 Å². The summed E-state index contributed by atoms with van der Waals surface area (Å²) in [7, 11) is 0. The predicted molar refractivity (Wildman–Crippen MR) is 157 cm³/mol. The Balaban J connectivity index is 0.00000308. The van der Waals surface area contributed by atoms with Crippen LogP contribution in [0, 0.1) is 5.92 Å². The Morgan fingerprint density at radius 1 is 1.00 bits per heavy atom. The minimum Gasteiger partial charge on any atom is -0.457 e. The lowest BCUT2D eigenvalue weighted by molar-refractivity contribution is 0.100. The average molecular weight is 544 g/mol. The first-order valence-electron chi connectivity index (χ1n) is 13.5. The van der Waals surface area contributed by atoms with Crippen molar-refractivity contribution in [3.8, 4) is 22.8 Å². The summed E-state index contributed by atoms with van der Waals surface area (Å²) in [5.41, 5.74) is 11.3. The first-order chi connectivity index (χ1) is 18.6. The first kappa shape index (κ1) is 26.8. The molecule has 0 spiro atoms. The van der Waals surface area contributed by atoms with Crippen LogP contribution < -0.4 is 21.1 Å². The Morgan fingerprint density at radius 2 is 1.74 bits per heavy atom.